The van der Waals surface area contributed by atoms with E-state index in [4.69, 9.17) is 11.6 Å². The van der Waals surface area contributed by atoms with E-state index in [2.05, 4.69) is 59.2 Å². The minimum absolute atomic E-state index is 0.786. The first-order valence-corrected chi connectivity index (χ1v) is 8.91. The Hall–Kier alpha value is -2.03. The monoisotopic (exact) mass is 336 g/mol. The van der Waals surface area contributed by atoms with Crippen LogP contribution in [0.25, 0.3) is 10.8 Å². The van der Waals surface area contributed by atoms with Crippen LogP contribution in [0.4, 0.5) is 5.69 Å². The first-order valence-electron chi connectivity index (χ1n) is 8.54. The van der Waals surface area contributed by atoms with Gasteiger partial charge < -0.3 is 10.6 Å². The molecule has 24 heavy (non-hydrogen) atoms. The largest absolute Gasteiger partial charge is 0.380 e. The summed E-state index contributed by atoms with van der Waals surface area (Å²) < 4.78 is 0. The molecule has 122 valence electrons. The molecule has 0 amide bonds. The summed E-state index contributed by atoms with van der Waals surface area (Å²) in [6.07, 6.45) is 2.09. The fourth-order valence-corrected chi connectivity index (χ4v) is 3.72. The van der Waals surface area contributed by atoms with Gasteiger partial charge in [-0.05, 0) is 65.5 Å². The van der Waals surface area contributed by atoms with Crippen molar-refractivity contribution in [3.63, 3.8) is 0 Å². The zero-order valence-corrected chi connectivity index (χ0v) is 14.4. The average molecular weight is 337 g/mol. The van der Waals surface area contributed by atoms with Crippen LogP contribution in [0.2, 0.25) is 5.02 Å². The second kappa shape index (κ2) is 6.84. The Morgan fingerprint density at radius 3 is 2.67 bits per heavy atom. The summed E-state index contributed by atoms with van der Waals surface area (Å²) in [7, 11) is 0. The van der Waals surface area contributed by atoms with Crippen molar-refractivity contribution in [1.29, 1.82) is 0 Å². The Morgan fingerprint density at radius 1 is 0.917 bits per heavy atom. The van der Waals surface area contributed by atoms with Crippen molar-refractivity contribution in [3.05, 3.63) is 76.3 Å². The summed E-state index contributed by atoms with van der Waals surface area (Å²) in [4.78, 5) is 0. The number of halogens is 1. The lowest BCUT2D eigenvalue weighted by Crippen LogP contribution is -2.16. The number of anilines is 1. The van der Waals surface area contributed by atoms with Crippen molar-refractivity contribution in [2.24, 2.45) is 0 Å². The molecular formula is C21H21ClN2. The van der Waals surface area contributed by atoms with Crippen molar-refractivity contribution < 1.29 is 0 Å². The molecule has 0 radical (unpaired) electrons. The Labute approximate surface area is 147 Å². The molecule has 1 aliphatic heterocycles. The molecule has 3 aromatic carbocycles. The number of fused-ring (bicyclic) bond motifs is 2. The highest BCUT2D eigenvalue weighted by atomic mass is 35.5. The Balaban J connectivity index is 1.60. The third-order valence-corrected chi connectivity index (χ3v) is 5.08. The zero-order chi connectivity index (χ0) is 16.4. The predicted molar refractivity (Wildman–Crippen MR) is 103 cm³/mol. The number of hydrogen-bond donors (Lipinski definition) is 2. The van der Waals surface area contributed by atoms with E-state index in [1.165, 1.54) is 27.5 Å². The first kappa shape index (κ1) is 15.5. The van der Waals surface area contributed by atoms with E-state index in [0.29, 0.717) is 0 Å². The topological polar surface area (TPSA) is 24.1 Å². The number of nitrogens with one attached hydrogen (secondary N) is 2. The van der Waals surface area contributed by atoms with Gasteiger partial charge in [0, 0.05) is 6.54 Å². The van der Waals surface area contributed by atoms with Crippen molar-refractivity contribution in [2.75, 3.05) is 18.4 Å². The van der Waals surface area contributed by atoms with Crippen LogP contribution in [-0.2, 0) is 19.4 Å². The molecule has 1 heterocycles. The molecule has 0 unspecified atom stereocenters. The van der Waals surface area contributed by atoms with Gasteiger partial charge in [0.2, 0.25) is 0 Å². The summed E-state index contributed by atoms with van der Waals surface area (Å²) in [6, 6.07) is 19.3. The molecule has 1 aliphatic rings. The third kappa shape index (κ3) is 3.12. The molecule has 0 aliphatic carbocycles. The molecule has 2 N–H and O–H groups in total. The lowest BCUT2D eigenvalue weighted by atomic mass is 10.0. The van der Waals surface area contributed by atoms with Gasteiger partial charge in [-0.25, -0.2) is 0 Å². The maximum atomic E-state index is 6.49. The van der Waals surface area contributed by atoms with Gasteiger partial charge in [0.25, 0.3) is 0 Å². The highest BCUT2D eigenvalue weighted by molar-refractivity contribution is 6.33. The SMILES string of the molecule is Clc1ccc2c(c1NCc1ccc3ccccc3c1)CCNCC2. The summed E-state index contributed by atoms with van der Waals surface area (Å²) >= 11 is 6.49. The van der Waals surface area contributed by atoms with Crippen LogP contribution in [0.3, 0.4) is 0 Å². The maximum Gasteiger partial charge on any atom is 0.0640 e. The Kier molecular flexibility index (Phi) is 4.42. The van der Waals surface area contributed by atoms with Crippen LogP contribution in [0.15, 0.2) is 54.6 Å². The molecule has 0 saturated heterocycles. The first-order chi connectivity index (χ1) is 11.8. The van der Waals surface area contributed by atoms with Gasteiger partial charge in [0.1, 0.15) is 0 Å². The van der Waals surface area contributed by atoms with E-state index >= 15 is 0 Å². The van der Waals surface area contributed by atoms with Crippen LogP contribution in [0.5, 0.6) is 0 Å². The standard InChI is InChI=1S/C21H21ClN2/c22-20-8-7-17-9-11-23-12-10-19(17)21(20)24-14-15-5-6-16-3-1-2-4-18(16)13-15/h1-8,13,23-24H,9-12,14H2. The summed E-state index contributed by atoms with van der Waals surface area (Å²) in [5, 5.41) is 10.4. The molecule has 0 spiro atoms. The quantitative estimate of drug-likeness (QED) is 0.718. The van der Waals surface area contributed by atoms with Crippen LogP contribution in [0.1, 0.15) is 16.7 Å². The molecular weight excluding hydrogens is 316 g/mol. The van der Waals surface area contributed by atoms with E-state index in [1.54, 1.807) is 0 Å². The number of rotatable bonds is 3. The van der Waals surface area contributed by atoms with E-state index in [0.717, 1.165) is 43.2 Å². The molecule has 0 saturated carbocycles. The molecule has 4 rings (SSSR count). The van der Waals surface area contributed by atoms with Crippen molar-refractivity contribution in [1.82, 2.24) is 5.32 Å². The van der Waals surface area contributed by atoms with E-state index in [1.807, 2.05) is 6.07 Å². The highest BCUT2D eigenvalue weighted by Gasteiger charge is 2.14. The molecule has 0 atom stereocenters. The van der Waals surface area contributed by atoms with Crippen LogP contribution >= 0.6 is 11.6 Å². The van der Waals surface area contributed by atoms with Crippen molar-refractivity contribution >= 4 is 28.1 Å². The minimum Gasteiger partial charge on any atom is -0.380 e. The third-order valence-electron chi connectivity index (χ3n) is 4.77. The lowest BCUT2D eigenvalue weighted by Gasteiger charge is -2.16. The van der Waals surface area contributed by atoms with Crippen molar-refractivity contribution in [2.45, 2.75) is 19.4 Å². The van der Waals surface area contributed by atoms with Crippen LogP contribution < -0.4 is 10.6 Å². The smallest absolute Gasteiger partial charge is 0.0640 e. The van der Waals surface area contributed by atoms with Crippen LogP contribution in [0, 0.1) is 0 Å². The number of hydrogen-bond acceptors (Lipinski definition) is 2. The molecule has 3 heteroatoms. The highest BCUT2D eigenvalue weighted by Crippen LogP contribution is 2.31. The van der Waals surface area contributed by atoms with Crippen LogP contribution in [-0.4, -0.2) is 13.1 Å². The van der Waals surface area contributed by atoms with E-state index < -0.39 is 0 Å². The maximum absolute atomic E-state index is 6.49. The normalized spacial score (nSPS) is 14.2. The fraction of sp³-hybridized carbons (Fsp3) is 0.238. The predicted octanol–water partition coefficient (Wildman–Crippen LogP) is 4.79. The van der Waals surface area contributed by atoms with Gasteiger partial charge in [-0.15, -0.1) is 0 Å². The van der Waals surface area contributed by atoms with Gasteiger partial charge in [-0.3, -0.25) is 0 Å². The second-order valence-corrected chi connectivity index (χ2v) is 6.75. The molecule has 3 aromatic rings. The van der Waals surface area contributed by atoms with Gasteiger partial charge in [-0.2, -0.15) is 0 Å². The molecule has 0 aromatic heterocycles. The molecule has 2 nitrogen and oxygen atoms in total. The van der Waals surface area contributed by atoms with Gasteiger partial charge in [0.05, 0.1) is 10.7 Å². The lowest BCUT2D eigenvalue weighted by molar-refractivity contribution is 0.711. The zero-order valence-electron chi connectivity index (χ0n) is 13.6. The minimum atomic E-state index is 0.786. The van der Waals surface area contributed by atoms with E-state index in [9.17, 15) is 0 Å². The van der Waals surface area contributed by atoms with Gasteiger partial charge in [0.15, 0.2) is 0 Å². The average Bonchev–Trinajstić information content (AvgIpc) is 2.86. The molecule has 0 fully saturated rings. The summed E-state index contributed by atoms with van der Waals surface area (Å²) in [5.41, 5.74) is 5.15. The van der Waals surface area contributed by atoms with Gasteiger partial charge >= 0.3 is 0 Å². The summed E-state index contributed by atoms with van der Waals surface area (Å²) in [6.45, 7) is 2.84. The Bertz CT molecular complexity index is 873. The van der Waals surface area contributed by atoms with Gasteiger partial charge in [-0.1, -0.05) is 54.1 Å². The summed E-state index contributed by atoms with van der Waals surface area (Å²) in [5.74, 6) is 0. The van der Waals surface area contributed by atoms with E-state index in [-0.39, 0.29) is 0 Å². The second-order valence-electron chi connectivity index (χ2n) is 6.35. The Morgan fingerprint density at radius 2 is 1.75 bits per heavy atom. The van der Waals surface area contributed by atoms with Crippen molar-refractivity contribution in [3.8, 4) is 0 Å². The molecule has 0 bridgehead atoms. The number of benzene rings is 3. The fourth-order valence-electron chi connectivity index (χ4n) is 3.47.